The molecule has 0 bridgehead atoms. The lowest BCUT2D eigenvalue weighted by Gasteiger charge is -2.28. The molecule has 1 aromatic rings. The summed E-state index contributed by atoms with van der Waals surface area (Å²) in [5.74, 6) is 1.05. The third kappa shape index (κ3) is 3.98. The van der Waals surface area contributed by atoms with Gasteiger partial charge in [0.25, 0.3) is 0 Å². The lowest BCUT2D eigenvalue weighted by molar-refractivity contribution is 0.374. The predicted molar refractivity (Wildman–Crippen MR) is 75.1 cm³/mol. The summed E-state index contributed by atoms with van der Waals surface area (Å²) in [7, 11) is 0. The first-order chi connectivity index (χ1) is 7.16. The van der Waals surface area contributed by atoms with E-state index in [1.165, 1.54) is 5.56 Å². The van der Waals surface area contributed by atoms with Gasteiger partial charge in [0, 0.05) is 12.0 Å². The van der Waals surface area contributed by atoms with Crippen LogP contribution in [0, 0.1) is 6.92 Å². The van der Waals surface area contributed by atoms with E-state index in [0.29, 0.717) is 17.8 Å². The summed E-state index contributed by atoms with van der Waals surface area (Å²) in [4.78, 5) is 0. The Kier molecular flexibility index (Phi) is 6.75. The van der Waals surface area contributed by atoms with Crippen LogP contribution in [0.5, 0.6) is 0 Å². The number of nitrogens with two attached hydrogens (primary N) is 1. The molecule has 1 fully saturated rings. The molecule has 1 aromatic heterocycles. The molecule has 1 aliphatic rings. The number of halogens is 2. The molecule has 1 aliphatic heterocycles. The number of aryl methyl sites for hydroxylation is 1. The SMILES string of the molecule is Cc1cc(N)nnc1[C@@H]1CCN[C@@H](C)C1.Cl.Cl. The Morgan fingerprint density at radius 2 is 2.06 bits per heavy atom. The van der Waals surface area contributed by atoms with Crippen molar-refractivity contribution in [1.29, 1.82) is 0 Å². The summed E-state index contributed by atoms with van der Waals surface area (Å²) >= 11 is 0. The van der Waals surface area contributed by atoms with Crippen LogP contribution in [0.2, 0.25) is 0 Å². The Morgan fingerprint density at radius 3 is 2.65 bits per heavy atom. The third-order valence-electron chi connectivity index (χ3n) is 3.05. The lowest BCUT2D eigenvalue weighted by atomic mass is 9.88. The molecule has 3 N–H and O–H groups in total. The second-order valence-corrected chi connectivity index (χ2v) is 4.41. The average molecular weight is 279 g/mol. The number of aromatic nitrogens is 2. The molecule has 0 spiro atoms. The van der Waals surface area contributed by atoms with Crippen molar-refractivity contribution in [3.8, 4) is 0 Å². The topological polar surface area (TPSA) is 63.8 Å². The zero-order valence-electron chi connectivity index (χ0n) is 10.1. The van der Waals surface area contributed by atoms with Crippen LogP contribution in [0.15, 0.2) is 6.07 Å². The second-order valence-electron chi connectivity index (χ2n) is 4.41. The standard InChI is InChI=1S/C11H18N4.2ClH/c1-7-5-10(12)14-15-11(7)9-3-4-13-8(2)6-9;;/h5,8-9,13H,3-4,6H2,1-2H3,(H2,12,14);2*1H/t8-,9+;;/m0../s1. The molecule has 6 heteroatoms. The second kappa shape index (κ2) is 6.99. The fourth-order valence-electron chi connectivity index (χ4n) is 2.30. The Balaban J connectivity index is 0.00000128. The molecule has 0 aromatic carbocycles. The van der Waals surface area contributed by atoms with Gasteiger partial charge in [-0.2, -0.15) is 5.10 Å². The summed E-state index contributed by atoms with van der Waals surface area (Å²) < 4.78 is 0. The predicted octanol–water partition coefficient (Wildman–Crippen LogP) is 2.07. The normalized spacial score (nSPS) is 23.4. The maximum atomic E-state index is 5.60. The number of anilines is 1. The molecule has 0 amide bonds. The van der Waals surface area contributed by atoms with Crippen molar-refractivity contribution in [2.45, 2.75) is 38.6 Å². The maximum Gasteiger partial charge on any atom is 0.146 e. The quantitative estimate of drug-likeness (QED) is 0.826. The van der Waals surface area contributed by atoms with E-state index in [0.717, 1.165) is 25.1 Å². The highest BCUT2D eigenvalue weighted by atomic mass is 35.5. The minimum Gasteiger partial charge on any atom is -0.382 e. The number of rotatable bonds is 1. The first-order valence-electron chi connectivity index (χ1n) is 5.50. The van der Waals surface area contributed by atoms with Crippen LogP contribution in [0.4, 0.5) is 5.82 Å². The van der Waals surface area contributed by atoms with Crippen LogP contribution in [-0.2, 0) is 0 Å². The molecule has 2 heterocycles. The van der Waals surface area contributed by atoms with Gasteiger partial charge in [-0.25, -0.2) is 0 Å². The van der Waals surface area contributed by atoms with Gasteiger partial charge in [0.1, 0.15) is 5.82 Å². The van der Waals surface area contributed by atoms with Gasteiger partial charge in [-0.1, -0.05) is 0 Å². The molecule has 0 radical (unpaired) electrons. The van der Waals surface area contributed by atoms with Gasteiger partial charge in [0.2, 0.25) is 0 Å². The van der Waals surface area contributed by atoms with E-state index >= 15 is 0 Å². The Morgan fingerprint density at radius 1 is 1.35 bits per heavy atom. The molecule has 17 heavy (non-hydrogen) atoms. The van der Waals surface area contributed by atoms with Gasteiger partial charge >= 0.3 is 0 Å². The van der Waals surface area contributed by atoms with Crippen LogP contribution < -0.4 is 11.1 Å². The molecule has 0 saturated carbocycles. The van der Waals surface area contributed by atoms with Crippen LogP contribution in [-0.4, -0.2) is 22.8 Å². The van der Waals surface area contributed by atoms with Crippen LogP contribution >= 0.6 is 24.8 Å². The van der Waals surface area contributed by atoms with E-state index in [1.54, 1.807) is 0 Å². The van der Waals surface area contributed by atoms with Crippen LogP contribution in [0.3, 0.4) is 0 Å². The number of nitrogens with one attached hydrogen (secondary N) is 1. The minimum absolute atomic E-state index is 0. The molecular formula is C11H20Cl2N4. The molecule has 2 atom stereocenters. The van der Waals surface area contributed by atoms with E-state index in [9.17, 15) is 0 Å². The van der Waals surface area contributed by atoms with Crippen molar-refractivity contribution in [2.75, 3.05) is 12.3 Å². The van der Waals surface area contributed by atoms with Gasteiger partial charge in [0.05, 0.1) is 5.69 Å². The number of nitrogens with zero attached hydrogens (tertiary/aromatic N) is 2. The van der Waals surface area contributed by atoms with Gasteiger partial charge in [-0.05, 0) is 44.9 Å². The Hall–Kier alpha value is -0.580. The van der Waals surface area contributed by atoms with Crippen molar-refractivity contribution in [1.82, 2.24) is 15.5 Å². The van der Waals surface area contributed by atoms with Crippen LogP contribution in [0.1, 0.15) is 36.9 Å². The summed E-state index contributed by atoms with van der Waals surface area (Å²) in [6.07, 6.45) is 2.28. The first kappa shape index (κ1) is 16.4. The summed E-state index contributed by atoms with van der Waals surface area (Å²) in [5.41, 5.74) is 7.89. The van der Waals surface area contributed by atoms with E-state index in [-0.39, 0.29) is 24.8 Å². The molecule has 0 aliphatic carbocycles. The fraction of sp³-hybridized carbons (Fsp3) is 0.636. The summed E-state index contributed by atoms with van der Waals surface area (Å²) in [6.45, 7) is 5.34. The zero-order chi connectivity index (χ0) is 10.8. The molecule has 4 nitrogen and oxygen atoms in total. The highest BCUT2D eigenvalue weighted by Gasteiger charge is 2.22. The lowest BCUT2D eigenvalue weighted by Crippen LogP contribution is -2.35. The van der Waals surface area contributed by atoms with Gasteiger partial charge in [0.15, 0.2) is 0 Å². The maximum absolute atomic E-state index is 5.60. The molecule has 0 unspecified atom stereocenters. The molecular weight excluding hydrogens is 259 g/mol. The van der Waals surface area contributed by atoms with E-state index in [4.69, 9.17) is 5.73 Å². The highest BCUT2D eigenvalue weighted by Crippen LogP contribution is 2.28. The van der Waals surface area contributed by atoms with Crippen molar-refractivity contribution in [3.63, 3.8) is 0 Å². The fourth-order valence-corrected chi connectivity index (χ4v) is 2.30. The van der Waals surface area contributed by atoms with E-state index < -0.39 is 0 Å². The minimum atomic E-state index is 0. The smallest absolute Gasteiger partial charge is 0.146 e. The van der Waals surface area contributed by atoms with Crippen molar-refractivity contribution in [3.05, 3.63) is 17.3 Å². The molecule has 2 rings (SSSR count). The highest BCUT2D eigenvalue weighted by molar-refractivity contribution is 5.85. The summed E-state index contributed by atoms with van der Waals surface area (Å²) in [5, 5.41) is 11.6. The van der Waals surface area contributed by atoms with Gasteiger partial charge in [-0.3, -0.25) is 0 Å². The molecule has 1 saturated heterocycles. The van der Waals surface area contributed by atoms with Crippen molar-refractivity contribution < 1.29 is 0 Å². The molecule has 98 valence electrons. The zero-order valence-corrected chi connectivity index (χ0v) is 11.8. The Bertz CT molecular complexity index is 359. The van der Waals surface area contributed by atoms with Crippen molar-refractivity contribution >= 4 is 30.6 Å². The number of hydrogen-bond acceptors (Lipinski definition) is 4. The monoisotopic (exact) mass is 278 g/mol. The van der Waals surface area contributed by atoms with E-state index in [1.807, 2.05) is 6.07 Å². The number of hydrogen-bond donors (Lipinski definition) is 2. The Labute approximate surface area is 115 Å². The first-order valence-corrected chi connectivity index (χ1v) is 5.50. The summed E-state index contributed by atoms with van der Waals surface area (Å²) in [6, 6.07) is 2.48. The van der Waals surface area contributed by atoms with Gasteiger partial charge < -0.3 is 11.1 Å². The average Bonchev–Trinajstić information content (AvgIpc) is 2.17. The third-order valence-corrected chi connectivity index (χ3v) is 3.05. The van der Waals surface area contributed by atoms with Crippen molar-refractivity contribution in [2.24, 2.45) is 0 Å². The number of nitrogen functional groups attached to an aromatic ring is 1. The van der Waals surface area contributed by atoms with E-state index in [2.05, 4.69) is 29.4 Å². The van der Waals surface area contributed by atoms with Gasteiger partial charge in [-0.15, -0.1) is 29.9 Å². The van der Waals surface area contributed by atoms with Crippen LogP contribution in [0.25, 0.3) is 0 Å². The largest absolute Gasteiger partial charge is 0.382 e. The number of piperidine rings is 1.